The van der Waals surface area contributed by atoms with Crippen molar-refractivity contribution in [2.45, 2.75) is 27.7 Å². The summed E-state index contributed by atoms with van der Waals surface area (Å²) in [6, 6.07) is 0. The Hall–Kier alpha value is 0.739. The molecule has 7 heteroatoms. The molecule has 2 nitrogen and oxygen atoms in total. The van der Waals surface area contributed by atoms with E-state index in [2.05, 4.69) is 0 Å². The van der Waals surface area contributed by atoms with Crippen LogP contribution in [0.15, 0.2) is 0 Å². The van der Waals surface area contributed by atoms with Crippen molar-refractivity contribution in [2.24, 2.45) is 0 Å². The molecule has 0 heterocycles. The summed E-state index contributed by atoms with van der Waals surface area (Å²) < 4.78 is 1.16. The number of hydrogen-bond acceptors (Lipinski definition) is 4. The van der Waals surface area contributed by atoms with Crippen LogP contribution in [0.4, 0.5) is 0 Å². The summed E-state index contributed by atoms with van der Waals surface area (Å²) in [6.45, 7) is 11.9. The van der Waals surface area contributed by atoms with E-state index in [0.29, 0.717) is 8.64 Å². The normalized spacial score (nSPS) is 8.24. The largest absolute Gasteiger partial charge is 2.00 e. The molecular formula is C10H20CuN2S4. The minimum absolute atomic E-state index is 0. The molecule has 0 bridgehead atoms. The Kier molecular flexibility index (Phi) is 19.9. The SMILES string of the molecule is CCN(CC)C(=S)[S-].CCN(CC)C(=S)[S-].[Cu+2]. The second-order valence-corrected chi connectivity index (χ2v) is 4.94. The fraction of sp³-hybridized carbons (Fsp3) is 0.800. The van der Waals surface area contributed by atoms with Crippen LogP contribution in [0, 0.1) is 0 Å². The predicted molar refractivity (Wildman–Crippen MR) is 85.8 cm³/mol. The minimum atomic E-state index is 0. The molecule has 0 amide bonds. The van der Waals surface area contributed by atoms with Crippen molar-refractivity contribution in [2.75, 3.05) is 26.2 Å². The van der Waals surface area contributed by atoms with Crippen molar-refractivity contribution in [3.8, 4) is 0 Å². The zero-order valence-electron chi connectivity index (χ0n) is 10.7. The van der Waals surface area contributed by atoms with E-state index in [0.717, 1.165) is 26.2 Å². The fourth-order valence-electron chi connectivity index (χ4n) is 0.964. The number of rotatable bonds is 4. The van der Waals surface area contributed by atoms with Crippen LogP contribution in [0.25, 0.3) is 0 Å². The molecule has 0 rings (SSSR count). The van der Waals surface area contributed by atoms with Crippen molar-refractivity contribution >= 4 is 58.3 Å². The molecule has 0 unspecified atom stereocenters. The Balaban J connectivity index is -0.000000218. The zero-order chi connectivity index (χ0) is 13.1. The Morgan fingerprint density at radius 1 is 0.765 bits per heavy atom. The van der Waals surface area contributed by atoms with E-state index < -0.39 is 0 Å². The van der Waals surface area contributed by atoms with Gasteiger partial charge < -0.3 is 59.5 Å². The summed E-state index contributed by atoms with van der Waals surface area (Å²) in [5, 5.41) is 0. The minimum Gasteiger partial charge on any atom is -0.411 e. The average Bonchev–Trinajstić information content (AvgIpc) is 2.21. The van der Waals surface area contributed by atoms with E-state index in [9.17, 15) is 0 Å². The van der Waals surface area contributed by atoms with Crippen LogP contribution in [0.5, 0.6) is 0 Å². The molecule has 0 aliphatic heterocycles. The van der Waals surface area contributed by atoms with Gasteiger partial charge in [0.2, 0.25) is 0 Å². The van der Waals surface area contributed by atoms with Crippen molar-refractivity contribution in [1.29, 1.82) is 0 Å². The van der Waals surface area contributed by atoms with Crippen LogP contribution in [-0.4, -0.2) is 44.6 Å². The van der Waals surface area contributed by atoms with Gasteiger partial charge in [0.05, 0.1) is 0 Å². The first-order valence-electron chi connectivity index (χ1n) is 5.36. The summed E-state index contributed by atoms with van der Waals surface area (Å²) >= 11 is 19.0. The summed E-state index contributed by atoms with van der Waals surface area (Å²) in [7, 11) is 0. The van der Waals surface area contributed by atoms with Crippen LogP contribution < -0.4 is 0 Å². The predicted octanol–water partition coefficient (Wildman–Crippen LogP) is 2.32. The summed E-state index contributed by atoms with van der Waals surface area (Å²) in [4.78, 5) is 3.93. The van der Waals surface area contributed by atoms with Crippen LogP contribution in [0.1, 0.15) is 27.7 Å². The van der Waals surface area contributed by atoms with Crippen LogP contribution >= 0.6 is 24.4 Å². The van der Waals surface area contributed by atoms with Gasteiger partial charge >= 0.3 is 17.1 Å². The molecule has 0 aromatic heterocycles. The van der Waals surface area contributed by atoms with E-state index in [1.54, 1.807) is 0 Å². The number of thiocarbonyl (C=S) groups is 2. The summed E-state index contributed by atoms with van der Waals surface area (Å²) in [5.41, 5.74) is 0. The molecule has 0 saturated heterocycles. The van der Waals surface area contributed by atoms with Gasteiger partial charge in [0.25, 0.3) is 0 Å². The molecule has 0 aliphatic carbocycles. The average molecular weight is 360 g/mol. The van der Waals surface area contributed by atoms with Crippen LogP contribution in [-0.2, 0) is 42.3 Å². The molecule has 0 fully saturated rings. The molecule has 0 saturated carbocycles. The summed E-state index contributed by atoms with van der Waals surface area (Å²) in [5.74, 6) is 0. The molecule has 0 aromatic carbocycles. The van der Waals surface area contributed by atoms with Gasteiger partial charge in [-0.1, -0.05) is 8.64 Å². The Labute approximate surface area is 138 Å². The van der Waals surface area contributed by atoms with Gasteiger partial charge in [-0.25, -0.2) is 0 Å². The van der Waals surface area contributed by atoms with Gasteiger partial charge in [0.15, 0.2) is 0 Å². The van der Waals surface area contributed by atoms with Crippen LogP contribution in [0.3, 0.4) is 0 Å². The van der Waals surface area contributed by atoms with Gasteiger partial charge in [-0.3, -0.25) is 0 Å². The molecule has 0 N–H and O–H groups in total. The first-order valence-corrected chi connectivity index (χ1v) is 6.99. The maximum atomic E-state index is 4.76. The third-order valence-electron chi connectivity index (χ3n) is 2.04. The van der Waals surface area contributed by atoms with Gasteiger partial charge in [0, 0.05) is 26.2 Å². The number of nitrogens with zero attached hydrogens (tertiary/aromatic N) is 2. The molecule has 0 aliphatic rings. The van der Waals surface area contributed by atoms with Crippen molar-refractivity contribution in [3.63, 3.8) is 0 Å². The van der Waals surface area contributed by atoms with Gasteiger partial charge in [-0.15, -0.1) is 0 Å². The maximum absolute atomic E-state index is 4.76. The Morgan fingerprint density at radius 3 is 0.941 bits per heavy atom. The first kappa shape index (κ1) is 22.9. The van der Waals surface area contributed by atoms with E-state index >= 15 is 0 Å². The van der Waals surface area contributed by atoms with E-state index in [1.807, 2.05) is 37.5 Å². The third-order valence-corrected chi connectivity index (χ3v) is 3.08. The van der Waals surface area contributed by atoms with E-state index in [1.165, 1.54) is 0 Å². The standard InChI is InChI=1S/2C5H11NS2.Cu/c2*1-3-6(4-2)5(7)8;/h2*3-4H2,1-2H3,(H,7,8);/q;;+2/p-2. The molecular weight excluding hydrogens is 340 g/mol. The fourth-order valence-corrected chi connectivity index (χ4v) is 2.00. The van der Waals surface area contributed by atoms with E-state index in [4.69, 9.17) is 49.7 Å². The smallest absolute Gasteiger partial charge is 0.411 e. The number of hydrogen-bond donors (Lipinski definition) is 0. The molecule has 105 valence electrons. The monoisotopic (exact) mass is 359 g/mol. The molecule has 1 radical (unpaired) electrons. The van der Waals surface area contributed by atoms with Crippen LogP contribution in [0.2, 0.25) is 0 Å². The Morgan fingerprint density at radius 2 is 0.941 bits per heavy atom. The van der Waals surface area contributed by atoms with Gasteiger partial charge in [0.1, 0.15) is 0 Å². The zero-order valence-corrected chi connectivity index (χ0v) is 14.9. The molecule has 0 spiro atoms. The van der Waals surface area contributed by atoms with E-state index in [-0.39, 0.29) is 17.1 Å². The quantitative estimate of drug-likeness (QED) is 0.428. The van der Waals surface area contributed by atoms with Crippen molar-refractivity contribution < 1.29 is 17.1 Å². The molecule has 0 atom stereocenters. The maximum Gasteiger partial charge on any atom is 2.00 e. The summed E-state index contributed by atoms with van der Waals surface area (Å²) in [6.07, 6.45) is 0. The van der Waals surface area contributed by atoms with Crippen molar-refractivity contribution in [3.05, 3.63) is 0 Å². The van der Waals surface area contributed by atoms with Gasteiger partial charge in [-0.05, 0) is 27.7 Å². The second-order valence-electron chi connectivity index (χ2n) is 2.88. The third kappa shape index (κ3) is 13.0. The molecule has 17 heavy (non-hydrogen) atoms. The topological polar surface area (TPSA) is 6.48 Å². The first-order chi connectivity index (χ1) is 7.44. The second kappa shape index (κ2) is 14.8. The van der Waals surface area contributed by atoms with Gasteiger partial charge in [-0.2, -0.15) is 0 Å². The molecule has 0 aromatic rings. The van der Waals surface area contributed by atoms with Crippen molar-refractivity contribution in [1.82, 2.24) is 9.80 Å². The Bertz CT molecular complexity index is 184.